The molecule has 0 spiro atoms. The van der Waals surface area contributed by atoms with E-state index < -0.39 is 0 Å². The normalized spacial score (nSPS) is 14.1. The third kappa shape index (κ3) is 4.35. The molecule has 2 aromatic carbocycles. The number of benzene rings is 2. The van der Waals surface area contributed by atoms with E-state index >= 15 is 0 Å². The SMILES string of the molecule is O=C(c1csc(-c2ccc(OCc3ccccc3)cc2)n1)N1CCOCC1. The van der Waals surface area contributed by atoms with Crippen LogP contribution in [0.5, 0.6) is 5.75 Å². The monoisotopic (exact) mass is 380 g/mol. The molecular formula is C21H20N2O3S. The lowest BCUT2D eigenvalue weighted by Crippen LogP contribution is -2.40. The van der Waals surface area contributed by atoms with E-state index in [9.17, 15) is 4.79 Å². The van der Waals surface area contributed by atoms with Gasteiger partial charge in [-0.15, -0.1) is 11.3 Å². The molecule has 0 aliphatic carbocycles. The minimum absolute atomic E-state index is 0.0244. The van der Waals surface area contributed by atoms with Crippen LogP contribution in [-0.2, 0) is 11.3 Å². The van der Waals surface area contributed by atoms with Crippen LogP contribution in [0.4, 0.5) is 0 Å². The van der Waals surface area contributed by atoms with Gasteiger partial charge in [0.1, 0.15) is 23.1 Å². The summed E-state index contributed by atoms with van der Waals surface area (Å²) in [7, 11) is 0. The molecule has 0 bridgehead atoms. The lowest BCUT2D eigenvalue weighted by molar-refractivity contribution is 0.0299. The average Bonchev–Trinajstić information content (AvgIpc) is 3.24. The molecule has 0 N–H and O–H groups in total. The van der Waals surface area contributed by atoms with Crippen molar-refractivity contribution in [3.8, 4) is 16.3 Å². The molecule has 5 nitrogen and oxygen atoms in total. The Bertz CT molecular complexity index is 887. The van der Waals surface area contributed by atoms with Gasteiger partial charge in [0.05, 0.1) is 13.2 Å². The first kappa shape index (κ1) is 17.7. The van der Waals surface area contributed by atoms with Crippen LogP contribution in [0, 0.1) is 0 Å². The third-order valence-electron chi connectivity index (χ3n) is 4.37. The fraction of sp³-hybridized carbons (Fsp3) is 0.238. The van der Waals surface area contributed by atoms with Crippen LogP contribution in [-0.4, -0.2) is 42.1 Å². The molecule has 27 heavy (non-hydrogen) atoms. The number of morpholine rings is 1. The Morgan fingerprint density at radius 1 is 1.07 bits per heavy atom. The first-order valence-corrected chi connectivity index (χ1v) is 9.77. The highest BCUT2D eigenvalue weighted by atomic mass is 32.1. The molecule has 0 radical (unpaired) electrons. The number of thiazole rings is 1. The summed E-state index contributed by atoms with van der Waals surface area (Å²) in [5, 5.41) is 2.66. The lowest BCUT2D eigenvalue weighted by Gasteiger charge is -2.25. The standard InChI is InChI=1S/C21H20N2O3S/c24-21(23-10-12-25-13-11-23)19-15-27-20(22-19)17-6-8-18(9-7-17)26-14-16-4-2-1-3-5-16/h1-9,15H,10-14H2. The Balaban J connectivity index is 1.40. The molecule has 0 unspecified atom stereocenters. The Morgan fingerprint density at radius 2 is 1.81 bits per heavy atom. The summed E-state index contributed by atoms with van der Waals surface area (Å²) in [6.45, 7) is 2.97. The van der Waals surface area contributed by atoms with Crippen molar-refractivity contribution in [1.29, 1.82) is 0 Å². The fourth-order valence-electron chi connectivity index (χ4n) is 2.87. The maximum absolute atomic E-state index is 12.5. The highest BCUT2D eigenvalue weighted by Gasteiger charge is 2.21. The van der Waals surface area contributed by atoms with Gasteiger partial charge in [0, 0.05) is 24.0 Å². The highest BCUT2D eigenvalue weighted by molar-refractivity contribution is 7.13. The van der Waals surface area contributed by atoms with Crippen LogP contribution in [0.15, 0.2) is 60.0 Å². The van der Waals surface area contributed by atoms with Crippen molar-refractivity contribution < 1.29 is 14.3 Å². The first-order valence-electron chi connectivity index (χ1n) is 8.89. The molecule has 1 aromatic heterocycles. The summed E-state index contributed by atoms with van der Waals surface area (Å²) >= 11 is 1.48. The minimum atomic E-state index is -0.0244. The average molecular weight is 380 g/mol. The van der Waals surface area contributed by atoms with E-state index in [0.717, 1.165) is 21.9 Å². The Labute approximate surface area is 162 Å². The molecule has 1 aliphatic rings. The van der Waals surface area contributed by atoms with Crippen molar-refractivity contribution in [3.05, 3.63) is 71.2 Å². The topological polar surface area (TPSA) is 51.7 Å². The summed E-state index contributed by atoms with van der Waals surface area (Å²) in [4.78, 5) is 18.8. The van der Waals surface area contributed by atoms with Crippen LogP contribution in [0.3, 0.4) is 0 Å². The number of amides is 1. The van der Waals surface area contributed by atoms with Crippen LogP contribution >= 0.6 is 11.3 Å². The van der Waals surface area contributed by atoms with Crippen molar-refractivity contribution >= 4 is 17.2 Å². The molecule has 1 saturated heterocycles. The van der Waals surface area contributed by atoms with Gasteiger partial charge in [-0.05, 0) is 29.8 Å². The van der Waals surface area contributed by atoms with Crippen molar-refractivity contribution in [2.45, 2.75) is 6.61 Å². The predicted molar refractivity (Wildman–Crippen MR) is 105 cm³/mol. The second-order valence-corrected chi connectivity index (χ2v) is 7.10. The number of ether oxygens (including phenoxy) is 2. The number of carbonyl (C=O) groups is 1. The zero-order chi connectivity index (χ0) is 18.5. The van der Waals surface area contributed by atoms with E-state index in [1.165, 1.54) is 11.3 Å². The van der Waals surface area contributed by atoms with E-state index in [2.05, 4.69) is 4.98 Å². The Hall–Kier alpha value is -2.70. The fourth-order valence-corrected chi connectivity index (χ4v) is 3.67. The van der Waals surface area contributed by atoms with Gasteiger partial charge < -0.3 is 14.4 Å². The van der Waals surface area contributed by atoms with Crippen molar-refractivity contribution in [3.63, 3.8) is 0 Å². The molecular weight excluding hydrogens is 360 g/mol. The van der Waals surface area contributed by atoms with Gasteiger partial charge in [-0.1, -0.05) is 30.3 Å². The number of hydrogen-bond acceptors (Lipinski definition) is 5. The number of hydrogen-bond donors (Lipinski definition) is 0. The molecule has 1 aliphatic heterocycles. The van der Waals surface area contributed by atoms with Gasteiger partial charge in [0.25, 0.3) is 5.91 Å². The minimum Gasteiger partial charge on any atom is -0.489 e. The van der Waals surface area contributed by atoms with Gasteiger partial charge in [0.2, 0.25) is 0 Å². The zero-order valence-corrected chi connectivity index (χ0v) is 15.7. The Kier molecular flexibility index (Phi) is 5.46. The molecule has 4 rings (SSSR count). The predicted octanol–water partition coefficient (Wildman–Crippen LogP) is 3.86. The van der Waals surface area contributed by atoms with Crippen molar-refractivity contribution in [1.82, 2.24) is 9.88 Å². The quantitative estimate of drug-likeness (QED) is 0.674. The molecule has 2 heterocycles. The largest absolute Gasteiger partial charge is 0.489 e. The summed E-state index contributed by atoms with van der Waals surface area (Å²) in [5.41, 5.74) is 2.61. The molecule has 3 aromatic rings. The number of nitrogens with zero attached hydrogens (tertiary/aromatic N) is 2. The van der Waals surface area contributed by atoms with E-state index in [-0.39, 0.29) is 5.91 Å². The van der Waals surface area contributed by atoms with Crippen LogP contribution < -0.4 is 4.74 Å². The summed E-state index contributed by atoms with van der Waals surface area (Å²) in [6, 6.07) is 17.9. The van der Waals surface area contributed by atoms with Crippen molar-refractivity contribution in [2.24, 2.45) is 0 Å². The van der Waals surface area contributed by atoms with Gasteiger partial charge in [-0.2, -0.15) is 0 Å². The Morgan fingerprint density at radius 3 is 2.56 bits per heavy atom. The lowest BCUT2D eigenvalue weighted by atomic mass is 10.2. The second-order valence-electron chi connectivity index (χ2n) is 6.24. The maximum atomic E-state index is 12.5. The van der Waals surface area contributed by atoms with Gasteiger partial charge in [0.15, 0.2) is 0 Å². The summed E-state index contributed by atoms with van der Waals surface area (Å²) in [5.74, 6) is 0.785. The van der Waals surface area contributed by atoms with E-state index in [0.29, 0.717) is 38.6 Å². The molecule has 1 fully saturated rings. The maximum Gasteiger partial charge on any atom is 0.273 e. The second kappa shape index (κ2) is 8.33. The van der Waals surface area contributed by atoms with Crippen molar-refractivity contribution in [2.75, 3.05) is 26.3 Å². The first-order chi connectivity index (χ1) is 13.3. The zero-order valence-electron chi connectivity index (χ0n) is 14.8. The van der Waals surface area contributed by atoms with Crippen LogP contribution in [0.2, 0.25) is 0 Å². The smallest absolute Gasteiger partial charge is 0.273 e. The number of rotatable bonds is 5. The summed E-state index contributed by atoms with van der Waals surface area (Å²) in [6.07, 6.45) is 0. The van der Waals surface area contributed by atoms with E-state index in [4.69, 9.17) is 9.47 Å². The molecule has 6 heteroatoms. The molecule has 0 saturated carbocycles. The third-order valence-corrected chi connectivity index (χ3v) is 5.26. The van der Waals surface area contributed by atoms with Gasteiger partial charge in [-0.25, -0.2) is 4.98 Å². The van der Waals surface area contributed by atoms with Gasteiger partial charge >= 0.3 is 0 Å². The van der Waals surface area contributed by atoms with Crippen LogP contribution in [0.1, 0.15) is 16.1 Å². The number of carbonyl (C=O) groups excluding carboxylic acids is 1. The van der Waals surface area contributed by atoms with E-state index in [1.54, 1.807) is 4.90 Å². The summed E-state index contributed by atoms with van der Waals surface area (Å²) < 4.78 is 11.1. The molecule has 138 valence electrons. The highest BCUT2D eigenvalue weighted by Crippen LogP contribution is 2.26. The van der Waals surface area contributed by atoms with E-state index in [1.807, 2.05) is 60.0 Å². The van der Waals surface area contributed by atoms with Crippen LogP contribution in [0.25, 0.3) is 10.6 Å². The molecule has 0 atom stereocenters. The molecule has 1 amide bonds. The van der Waals surface area contributed by atoms with Gasteiger partial charge in [-0.3, -0.25) is 4.79 Å². The number of aromatic nitrogens is 1.